The Morgan fingerprint density at radius 2 is 2.15 bits per heavy atom. The SMILES string of the molecule is CCSCCC(C)CCNC1CC1. The Balaban J connectivity index is 1.81. The molecule has 1 atom stereocenters. The van der Waals surface area contributed by atoms with Crippen LogP contribution in [0.1, 0.15) is 39.5 Å². The van der Waals surface area contributed by atoms with Crippen molar-refractivity contribution in [3.63, 3.8) is 0 Å². The van der Waals surface area contributed by atoms with E-state index in [2.05, 4.69) is 30.9 Å². The van der Waals surface area contributed by atoms with E-state index in [4.69, 9.17) is 0 Å². The average molecular weight is 201 g/mol. The van der Waals surface area contributed by atoms with E-state index in [1.165, 1.54) is 43.7 Å². The third kappa shape index (κ3) is 6.39. The van der Waals surface area contributed by atoms with Gasteiger partial charge in [-0.15, -0.1) is 0 Å². The topological polar surface area (TPSA) is 12.0 Å². The molecule has 1 nitrogen and oxygen atoms in total. The van der Waals surface area contributed by atoms with Crippen LogP contribution in [-0.2, 0) is 0 Å². The van der Waals surface area contributed by atoms with Crippen molar-refractivity contribution in [3.8, 4) is 0 Å². The van der Waals surface area contributed by atoms with E-state index in [0.717, 1.165) is 12.0 Å². The highest BCUT2D eigenvalue weighted by atomic mass is 32.2. The Morgan fingerprint density at radius 1 is 1.38 bits per heavy atom. The number of rotatable bonds is 8. The van der Waals surface area contributed by atoms with Crippen molar-refractivity contribution in [2.75, 3.05) is 18.1 Å². The monoisotopic (exact) mass is 201 g/mol. The zero-order valence-corrected chi connectivity index (χ0v) is 9.83. The van der Waals surface area contributed by atoms with Crippen LogP contribution in [0.4, 0.5) is 0 Å². The predicted molar refractivity (Wildman–Crippen MR) is 62.4 cm³/mol. The third-order valence-corrected chi connectivity index (χ3v) is 3.54. The molecule has 78 valence electrons. The Morgan fingerprint density at radius 3 is 2.77 bits per heavy atom. The molecule has 0 aromatic rings. The largest absolute Gasteiger partial charge is 0.314 e. The lowest BCUT2D eigenvalue weighted by Crippen LogP contribution is -2.19. The molecule has 2 heteroatoms. The molecule has 1 saturated carbocycles. The first-order valence-electron chi connectivity index (χ1n) is 5.64. The van der Waals surface area contributed by atoms with Gasteiger partial charge in [-0.05, 0) is 49.7 Å². The molecule has 0 heterocycles. The molecule has 1 fully saturated rings. The van der Waals surface area contributed by atoms with Crippen LogP contribution in [0.5, 0.6) is 0 Å². The van der Waals surface area contributed by atoms with Crippen LogP contribution in [0, 0.1) is 5.92 Å². The number of thioether (sulfide) groups is 1. The van der Waals surface area contributed by atoms with Gasteiger partial charge in [0, 0.05) is 6.04 Å². The van der Waals surface area contributed by atoms with Crippen LogP contribution in [0.15, 0.2) is 0 Å². The molecular weight excluding hydrogens is 178 g/mol. The van der Waals surface area contributed by atoms with Gasteiger partial charge in [0.15, 0.2) is 0 Å². The van der Waals surface area contributed by atoms with E-state index in [-0.39, 0.29) is 0 Å². The van der Waals surface area contributed by atoms with Gasteiger partial charge >= 0.3 is 0 Å². The van der Waals surface area contributed by atoms with Gasteiger partial charge < -0.3 is 5.32 Å². The van der Waals surface area contributed by atoms with Crippen molar-refractivity contribution in [2.45, 2.75) is 45.6 Å². The first-order chi connectivity index (χ1) is 6.33. The lowest BCUT2D eigenvalue weighted by Gasteiger charge is -2.10. The second kappa shape index (κ2) is 6.72. The maximum absolute atomic E-state index is 3.57. The minimum atomic E-state index is 0.886. The van der Waals surface area contributed by atoms with Gasteiger partial charge in [0.05, 0.1) is 0 Å². The van der Waals surface area contributed by atoms with Crippen LogP contribution in [0.2, 0.25) is 0 Å². The standard InChI is InChI=1S/C11H23NS/c1-3-13-9-7-10(2)6-8-12-11-4-5-11/h10-12H,3-9H2,1-2H3. The number of hydrogen-bond donors (Lipinski definition) is 1. The maximum atomic E-state index is 3.57. The summed E-state index contributed by atoms with van der Waals surface area (Å²) in [6.45, 7) is 5.86. The Hall–Kier alpha value is 0.310. The second-order valence-electron chi connectivity index (χ2n) is 4.11. The summed E-state index contributed by atoms with van der Waals surface area (Å²) in [5.74, 6) is 3.53. The normalized spacial score (nSPS) is 18.9. The molecule has 0 radical (unpaired) electrons. The van der Waals surface area contributed by atoms with Crippen molar-refractivity contribution in [1.29, 1.82) is 0 Å². The summed E-state index contributed by atoms with van der Waals surface area (Å²) in [5.41, 5.74) is 0. The molecule has 0 aliphatic heterocycles. The maximum Gasteiger partial charge on any atom is 0.00682 e. The van der Waals surface area contributed by atoms with Crippen LogP contribution in [-0.4, -0.2) is 24.1 Å². The highest BCUT2D eigenvalue weighted by Gasteiger charge is 2.19. The van der Waals surface area contributed by atoms with Gasteiger partial charge in [0.2, 0.25) is 0 Å². The molecule has 0 spiro atoms. The van der Waals surface area contributed by atoms with Crippen molar-refractivity contribution in [2.24, 2.45) is 5.92 Å². The van der Waals surface area contributed by atoms with Crippen molar-refractivity contribution >= 4 is 11.8 Å². The van der Waals surface area contributed by atoms with E-state index in [0.29, 0.717) is 0 Å². The molecule has 13 heavy (non-hydrogen) atoms. The molecule has 1 aliphatic carbocycles. The zero-order chi connectivity index (χ0) is 9.52. The molecule has 1 rings (SSSR count). The van der Waals surface area contributed by atoms with Crippen LogP contribution < -0.4 is 5.32 Å². The smallest absolute Gasteiger partial charge is 0.00682 e. The van der Waals surface area contributed by atoms with E-state index in [9.17, 15) is 0 Å². The third-order valence-electron chi connectivity index (χ3n) is 2.61. The van der Waals surface area contributed by atoms with Crippen LogP contribution in [0.3, 0.4) is 0 Å². The summed E-state index contributed by atoms with van der Waals surface area (Å²) in [7, 11) is 0. The molecule has 1 N–H and O–H groups in total. The summed E-state index contributed by atoms with van der Waals surface area (Å²) in [6, 6.07) is 0.886. The van der Waals surface area contributed by atoms with Gasteiger partial charge in [-0.3, -0.25) is 0 Å². The fraction of sp³-hybridized carbons (Fsp3) is 1.00. The van der Waals surface area contributed by atoms with Crippen molar-refractivity contribution in [1.82, 2.24) is 5.32 Å². The van der Waals surface area contributed by atoms with Gasteiger partial charge in [-0.25, -0.2) is 0 Å². The van der Waals surface area contributed by atoms with E-state index >= 15 is 0 Å². The quantitative estimate of drug-likeness (QED) is 0.606. The molecule has 1 unspecified atom stereocenters. The zero-order valence-electron chi connectivity index (χ0n) is 9.01. The van der Waals surface area contributed by atoms with Gasteiger partial charge in [-0.1, -0.05) is 13.8 Å². The van der Waals surface area contributed by atoms with Gasteiger partial charge in [0.1, 0.15) is 0 Å². The van der Waals surface area contributed by atoms with E-state index < -0.39 is 0 Å². The van der Waals surface area contributed by atoms with E-state index in [1.54, 1.807) is 0 Å². The Labute approximate surface area is 87.1 Å². The summed E-state index contributed by atoms with van der Waals surface area (Å²) in [6.07, 6.45) is 5.59. The second-order valence-corrected chi connectivity index (χ2v) is 5.50. The highest BCUT2D eigenvalue weighted by molar-refractivity contribution is 7.99. The Kier molecular flexibility index (Phi) is 5.88. The summed E-state index contributed by atoms with van der Waals surface area (Å²) in [5, 5.41) is 3.57. The van der Waals surface area contributed by atoms with Crippen molar-refractivity contribution < 1.29 is 0 Å². The lowest BCUT2D eigenvalue weighted by molar-refractivity contribution is 0.490. The van der Waals surface area contributed by atoms with E-state index in [1.807, 2.05) is 0 Å². The van der Waals surface area contributed by atoms with Crippen molar-refractivity contribution in [3.05, 3.63) is 0 Å². The molecule has 0 bridgehead atoms. The fourth-order valence-corrected chi connectivity index (χ4v) is 2.25. The predicted octanol–water partition coefficient (Wildman–Crippen LogP) is 2.91. The fourth-order valence-electron chi connectivity index (χ4n) is 1.39. The van der Waals surface area contributed by atoms with Crippen LogP contribution in [0.25, 0.3) is 0 Å². The average Bonchev–Trinajstić information content (AvgIpc) is 2.89. The summed E-state index contributed by atoms with van der Waals surface area (Å²) >= 11 is 2.07. The minimum absolute atomic E-state index is 0.886. The summed E-state index contributed by atoms with van der Waals surface area (Å²) in [4.78, 5) is 0. The molecule has 0 aromatic heterocycles. The molecule has 0 saturated heterocycles. The molecule has 0 amide bonds. The van der Waals surface area contributed by atoms with Gasteiger partial charge in [-0.2, -0.15) is 11.8 Å². The summed E-state index contributed by atoms with van der Waals surface area (Å²) < 4.78 is 0. The lowest BCUT2D eigenvalue weighted by atomic mass is 10.1. The Bertz CT molecular complexity index is 123. The number of nitrogens with one attached hydrogen (secondary N) is 1. The first kappa shape index (κ1) is 11.4. The molecule has 0 aromatic carbocycles. The molecule has 1 aliphatic rings. The van der Waals surface area contributed by atoms with Gasteiger partial charge in [0.25, 0.3) is 0 Å². The van der Waals surface area contributed by atoms with Crippen LogP contribution >= 0.6 is 11.8 Å². The highest BCUT2D eigenvalue weighted by Crippen LogP contribution is 2.19. The first-order valence-corrected chi connectivity index (χ1v) is 6.79. The number of hydrogen-bond acceptors (Lipinski definition) is 2. The minimum Gasteiger partial charge on any atom is -0.314 e. The molecular formula is C11H23NS.